The standard InChI is InChI=1S/C14H16B2O/c1-5-11(17)6-10-7-12(8(2)3)14(16)9(4)13(10)15/h5,7-8H,1,6H2,2-4H3. The summed E-state index contributed by atoms with van der Waals surface area (Å²) in [6.07, 6.45) is 1.61. The molecule has 0 saturated carbocycles. The molecule has 0 amide bonds. The van der Waals surface area contributed by atoms with Crippen LogP contribution in [-0.2, 0) is 11.2 Å². The molecule has 0 aliphatic rings. The topological polar surface area (TPSA) is 17.1 Å². The monoisotopic (exact) mass is 222 g/mol. The lowest BCUT2D eigenvalue weighted by Crippen LogP contribution is -2.28. The second-order valence-electron chi connectivity index (χ2n) is 4.58. The second kappa shape index (κ2) is 5.39. The zero-order chi connectivity index (χ0) is 13.2. The molecule has 0 N–H and O–H groups in total. The first kappa shape index (κ1) is 13.8. The number of hydrogen-bond donors (Lipinski definition) is 0. The maximum atomic E-state index is 11.4. The van der Waals surface area contributed by atoms with Crippen molar-refractivity contribution >= 4 is 32.4 Å². The molecule has 17 heavy (non-hydrogen) atoms. The highest BCUT2D eigenvalue weighted by Crippen LogP contribution is 2.14. The quantitative estimate of drug-likeness (QED) is 0.548. The van der Waals surface area contributed by atoms with Gasteiger partial charge in [-0.2, -0.15) is 0 Å². The molecular weight excluding hydrogens is 206 g/mol. The second-order valence-corrected chi connectivity index (χ2v) is 4.58. The summed E-state index contributed by atoms with van der Waals surface area (Å²) in [6, 6.07) is 1.93. The Kier molecular flexibility index (Phi) is 4.39. The third-order valence-electron chi connectivity index (χ3n) is 3.01. The Morgan fingerprint density at radius 3 is 2.47 bits per heavy atom. The van der Waals surface area contributed by atoms with Crippen molar-refractivity contribution in [2.24, 2.45) is 0 Å². The highest BCUT2D eigenvalue weighted by atomic mass is 16.1. The molecule has 1 nitrogen and oxygen atoms in total. The van der Waals surface area contributed by atoms with Crippen molar-refractivity contribution in [3.05, 3.63) is 35.4 Å². The number of benzene rings is 1. The maximum absolute atomic E-state index is 11.4. The zero-order valence-corrected chi connectivity index (χ0v) is 10.7. The smallest absolute Gasteiger partial charge is 0.159 e. The SMILES string of the molecule is [B]c1c(CC(=O)C=C)cc(C(C)C)c([B])c1C. The van der Waals surface area contributed by atoms with Gasteiger partial charge in [-0.05, 0) is 24.5 Å². The molecule has 0 fully saturated rings. The minimum atomic E-state index is -0.0319. The van der Waals surface area contributed by atoms with E-state index in [4.69, 9.17) is 15.7 Å². The third kappa shape index (κ3) is 2.91. The summed E-state index contributed by atoms with van der Waals surface area (Å²) in [5.74, 6) is 0.280. The van der Waals surface area contributed by atoms with Crippen LogP contribution in [0.25, 0.3) is 0 Å². The summed E-state index contributed by atoms with van der Waals surface area (Å²) in [6.45, 7) is 9.50. The molecule has 1 aromatic carbocycles. The third-order valence-corrected chi connectivity index (χ3v) is 3.01. The number of hydrogen-bond acceptors (Lipinski definition) is 1. The van der Waals surface area contributed by atoms with Gasteiger partial charge in [0.2, 0.25) is 0 Å². The number of carbonyl (C=O) groups is 1. The number of ketones is 1. The Balaban J connectivity index is 3.31. The number of carbonyl (C=O) groups excluding carboxylic acids is 1. The van der Waals surface area contributed by atoms with Gasteiger partial charge in [-0.3, -0.25) is 4.79 Å². The summed E-state index contributed by atoms with van der Waals surface area (Å²) >= 11 is 0. The molecule has 0 saturated heterocycles. The largest absolute Gasteiger partial charge is 0.295 e. The van der Waals surface area contributed by atoms with Gasteiger partial charge in [0.15, 0.2) is 5.78 Å². The lowest BCUT2D eigenvalue weighted by Gasteiger charge is -2.19. The predicted molar refractivity (Wildman–Crippen MR) is 75.0 cm³/mol. The van der Waals surface area contributed by atoms with Gasteiger partial charge in [-0.25, -0.2) is 0 Å². The van der Waals surface area contributed by atoms with Crippen molar-refractivity contribution in [3.8, 4) is 0 Å². The molecule has 1 aromatic rings. The lowest BCUT2D eigenvalue weighted by molar-refractivity contribution is -0.113. The van der Waals surface area contributed by atoms with E-state index in [2.05, 4.69) is 20.4 Å². The summed E-state index contributed by atoms with van der Waals surface area (Å²) in [7, 11) is 12.0. The van der Waals surface area contributed by atoms with E-state index in [0.29, 0.717) is 11.4 Å². The fourth-order valence-electron chi connectivity index (χ4n) is 1.83. The fraction of sp³-hybridized carbons (Fsp3) is 0.357. The van der Waals surface area contributed by atoms with E-state index in [1.807, 2.05) is 13.0 Å². The number of allylic oxidation sites excluding steroid dienone is 1. The van der Waals surface area contributed by atoms with Crippen LogP contribution in [0.1, 0.15) is 36.5 Å². The van der Waals surface area contributed by atoms with Gasteiger partial charge in [0.25, 0.3) is 0 Å². The predicted octanol–water partition coefficient (Wildman–Crippen LogP) is 1.00. The van der Waals surface area contributed by atoms with Crippen LogP contribution in [0.3, 0.4) is 0 Å². The van der Waals surface area contributed by atoms with Crippen LogP contribution in [-0.4, -0.2) is 21.5 Å². The van der Waals surface area contributed by atoms with Crippen molar-refractivity contribution < 1.29 is 4.79 Å². The molecule has 0 unspecified atom stereocenters. The molecular formula is C14H16B2O. The molecule has 0 aliphatic heterocycles. The van der Waals surface area contributed by atoms with E-state index in [1.165, 1.54) is 6.08 Å². The van der Waals surface area contributed by atoms with Gasteiger partial charge in [0.05, 0.1) is 0 Å². The summed E-state index contributed by atoms with van der Waals surface area (Å²) in [5, 5.41) is 0. The summed E-state index contributed by atoms with van der Waals surface area (Å²) in [5.41, 5.74) is 4.09. The molecule has 1 rings (SSSR count). The van der Waals surface area contributed by atoms with Gasteiger partial charge >= 0.3 is 0 Å². The maximum Gasteiger partial charge on any atom is 0.159 e. The number of rotatable bonds is 4. The Morgan fingerprint density at radius 2 is 2.00 bits per heavy atom. The first-order chi connectivity index (χ1) is 7.88. The van der Waals surface area contributed by atoms with Gasteiger partial charge in [-0.1, -0.05) is 48.5 Å². The molecule has 0 aliphatic carbocycles. The lowest BCUT2D eigenvalue weighted by atomic mass is 9.73. The van der Waals surface area contributed by atoms with E-state index < -0.39 is 0 Å². The van der Waals surface area contributed by atoms with E-state index in [9.17, 15) is 4.79 Å². The molecule has 0 aromatic heterocycles. The first-order valence-corrected chi connectivity index (χ1v) is 5.71. The van der Waals surface area contributed by atoms with Crippen molar-refractivity contribution in [1.82, 2.24) is 0 Å². The Bertz CT molecular complexity index is 462. The van der Waals surface area contributed by atoms with Gasteiger partial charge in [0.1, 0.15) is 15.7 Å². The highest BCUT2D eigenvalue weighted by Gasteiger charge is 2.12. The van der Waals surface area contributed by atoms with E-state index in [-0.39, 0.29) is 12.2 Å². The van der Waals surface area contributed by atoms with Crippen molar-refractivity contribution in [2.45, 2.75) is 33.1 Å². The average molecular weight is 222 g/mol. The van der Waals surface area contributed by atoms with E-state index >= 15 is 0 Å². The van der Waals surface area contributed by atoms with Crippen molar-refractivity contribution in [2.75, 3.05) is 0 Å². The molecule has 3 heteroatoms. The van der Waals surface area contributed by atoms with E-state index in [0.717, 1.165) is 22.2 Å². The van der Waals surface area contributed by atoms with Crippen molar-refractivity contribution in [1.29, 1.82) is 0 Å². The zero-order valence-electron chi connectivity index (χ0n) is 10.7. The van der Waals surface area contributed by atoms with Crippen LogP contribution < -0.4 is 10.9 Å². The summed E-state index contributed by atoms with van der Waals surface area (Å²) in [4.78, 5) is 11.4. The normalized spacial score (nSPS) is 10.6. The van der Waals surface area contributed by atoms with Gasteiger partial charge in [-0.15, -0.1) is 0 Å². The molecule has 84 valence electrons. The molecule has 4 radical (unpaired) electrons. The van der Waals surface area contributed by atoms with E-state index in [1.54, 1.807) is 0 Å². The first-order valence-electron chi connectivity index (χ1n) is 5.71. The summed E-state index contributed by atoms with van der Waals surface area (Å²) < 4.78 is 0. The molecule has 0 heterocycles. The highest BCUT2D eigenvalue weighted by molar-refractivity contribution is 6.41. The molecule has 0 spiro atoms. The fourth-order valence-corrected chi connectivity index (χ4v) is 1.83. The van der Waals surface area contributed by atoms with Crippen molar-refractivity contribution in [3.63, 3.8) is 0 Å². The molecule has 0 atom stereocenters. The minimum Gasteiger partial charge on any atom is -0.295 e. The Labute approximate surface area is 106 Å². The molecule has 0 bridgehead atoms. The Morgan fingerprint density at radius 1 is 1.41 bits per heavy atom. The van der Waals surface area contributed by atoms with Crippen LogP contribution in [0.2, 0.25) is 0 Å². The van der Waals surface area contributed by atoms with Crippen LogP contribution >= 0.6 is 0 Å². The van der Waals surface area contributed by atoms with Crippen LogP contribution in [0.5, 0.6) is 0 Å². The van der Waals surface area contributed by atoms with Gasteiger partial charge in [0, 0.05) is 6.42 Å². The van der Waals surface area contributed by atoms with Crippen LogP contribution in [0, 0.1) is 6.92 Å². The average Bonchev–Trinajstić information content (AvgIpc) is 2.29. The van der Waals surface area contributed by atoms with Gasteiger partial charge < -0.3 is 0 Å². The van der Waals surface area contributed by atoms with Crippen LogP contribution in [0.4, 0.5) is 0 Å². The minimum absolute atomic E-state index is 0.0319. The Hall–Kier alpha value is -1.24. The van der Waals surface area contributed by atoms with Crippen LogP contribution in [0.15, 0.2) is 18.7 Å².